The van der Waals surface area contributed by atoms with Crippen LogP contribution in [0.1, 0.15) is 38.5 Å². The van der Waals surface area contributed by atoms with Crippen LogP contribution in [-0.4, -0.2) is 23.9 Å². The Balaban J connectivity index is 1.61. The molecule has 1 N–H and O–H groups in total. The monoisotopic (exact) mass is 170 g/mol. The van der Waals surface area contributed by atoms with Gasteiger partial charge in [-0.2, -0.15) is 0 Å². The van der Waals surface area contributed by atoms with E-state index in [1.807, 2.05) is 0 Å². The third-order valence-electron chi connectivity index (χ3n) is 3.20. The van der Waals surface area contributed by atoms with Gasteiger partial charge in [-0.05, 0) is 31.6 Å². The standard InChI is InChI=1S/C10H18O2/c11-9-5-6-10(9)12-7-8-3-1-2-4-8/h8-11H,1-7H2/t9-,10-/m1/s1. The second-order valence-electron chi connectivity index (χ2n) is 4.17. The number of hydrogen-bond acceptors (Lipinski definition) is 2. The van der Waals surface area contributed by atoms with Crippen molar-refractivity contribution >= 4 is 0 Å². The molecule has 2 aliphatic carbocycles. The summed E-state index contributed by atoms with van der Waals surface area (Å²) in [5.74, 6) is 0.790. The van der Waals surface area contributed by atoms with Gasteiger partial charge >= 0.3 is 0 Å². The zero-order valence-electron chi connectivity index (χ0n) is 7.54. The van der Waals surface area contributed by atoms with Crippen molar-refractivity contribution < 1.29 is 9.84 Å². The van der Waals surface area contributed by atoms with E-state index in [-0.39, 0.29) is 12.2 Å². The van der Waals surface area contributed by atoms with Crippen molar-refractivity contribution in [1.29, 1.82) is 0 Å². The predicted molar refractivity (Wildman–Crippen MR) is 46.9 cm³/mol. The molecule has 0 amide bonds. The van der Waals surface area contributed by atoms with Crippen molar-refractivity contribution in [1.82, 2.24) is 0 Å². The fourth-order valence-electron chi connectivity index (χ4n) is 2.08. The van der Waals surface area contributed by atoms with E-state index in [0.717, 1.165) is 25.4 Å². The molecule has 2 nitrogen and oxygen atoms in total. The highest BCUT2D eigenvalue weighted by molar-refractivity contribution is 4.81. The maximum absolute atomic E-state index is 9.26. The summed E-state index contributed by atoms with van der Waals surface area (Å²) in [6, 6.07) is 0. The third-order valence-corrected chi connectivity index (χ3v) is 3.20. The molecular formula is C10H18O2. The second kappa shape index (κ2) is 3.75. The molecule has 0 aromatic rings. The first-order valence-corrected chi connectivity index (χ1v) is 5.16. The summed E-state index contributed by atoms with van der Waals surface area (Å²) in [5, 5.41) is 9.26. The van der Waals surface area contributed by atoms with Crippen LogP contribution in [0.15, 0.2) is 0 Å². The van der Waals surface area contributed by atoms with Crippen molar-refractivity contribution in [3.05, 3.63) is 0 Å². The first-order chi connectivity index (χ1) is 5.86. The third kappa shape index (κ3) is 1.80. The Labute approximate surface area is 73.9 Å². The van der Waals surface area contributed by atoms with E-state index >= 15 is 0 Å². The number of ether oxygens (including phenoxy) is 1. The highest BCUT2D eigenvalue weighted by Gasteiger charge is 2.30. The van der Waals surface area contributed by atoms with Crippen molar-refractivity contribution in [3.8, 4) is 0 Å². The molecule has 2 saturated carbocycles. The van der Waals surface area contributed by atoms with E-state index in [0.29, 0.717) is 0 Å². The van der Waals surface area contributed by atoms with Crippen LogP contribution in [0, 0.1) is 5.92 Å². The molecule has 2 fully saturated rings. The highest BCUT2D eigenvalue weighted by atomic mass is 16.5. The maximum atomic E-state index is 9.26. The zero-order valence-corrected chi connectivity index (χ0v) is 7.54. The number of hydrogen-bond donors (Lipinski definition) is 1. The maximum Gasteiger partial charge on any atom is 0.0835 e. The van der Waals surface area contributed by atoms with Crippen LogP contribution in [0.4, 0.5) is 0 Å². The summed E-state index contributed by atoms with van der Waals surface area (Å²) in [5.41, 5.74) is 0. The van der Waals surface area contributed by atoms with Gasteiger partial charge in [-0.3, -0.25) is 0 Å². The van der Waals surface area contributed by atoms with E-state index < -0.39 is 0 Å². The van der Waals surface area contributed by atoms with E-state index in [2.05, 4.69) is 0 Å². The predicted octanol–water partition coefficient (Wildman–Crippen LogP) is 1.72. The zero-order chi connectivity index (χ0) is 8.39. The molecule has 0 radical (unpaired) electrons. The Kier molecular flexibility index (Phi) is 2.66. The van der Waals surface area contributed by atoms with Crippen LogP contribution in [0.3, 0.4) is 0 Å². The molecule has 2 atom stereocenters. The summed E-state index contributed by atoms with van der Waals surface area (Å²) in [6.45, 7) is 0.891. The van der Waals surface area contributed by atoms with E-state index in [1.54, 1.807) is 0 Å². The van der Waals surface area contributed by atoms with Gasteiger partial charge in [0.25, 0.3) is 0 Å². The minimum Gasteiger partial charge on any atom is -0.390 e. The highest BCUT2D eigenvalue weighted by Crippen LogP contribution is 2.28. The molecule has 0 heterocycles. The molecule has 70 valence electrons. The molecule has 2 heteroatoms. The first-order valence-electron chi connectivity index (χ1n) is 5.16. The molecule has 0 aliphatic heterocycles. The van der Waals surface area contributed by atoms with Crippen molar-refractivity contribution in [2.75, 3.05) is 6.61 Å². The number of aliphatic hydroxyl groups is 1. The smallest absolute Gasteiger partial charge is 0.0835 e. The normalized spacial score (nSPS) is 36.8. The topological polar surface area (TPSA) is 29.5 Å². The summed E-state index contributed by atoms with van der Waals surface area (Å²) < 4.78 is 5.62. The summed E-state index contributed by atoms with van der Waals surface area (Å²) >= 11 is 0. The van der Waals surface area contributed by atoms with E-state index in [4.69, 9.17) is 4.74 Å². The van der Waals surface area contributed by atoms with Gasteiger partial charge in [0.2, 0.25) is 0 Å². The van der Waals surface area contributed by atoms with Gasteiger partial charge in [0.1, 0.15) is 0 Å². The molecule has 0 unspecified atom stereocenters. The Hall–Kier alpha value is -0.0800. The Morgan fingerprint density at radius 3 is 2.33 bits per heavy atom. The van der Waals surface area contributed by atoms with Gasteiger partial charge in [0.15, 0.2) is 0 Å². The van der Waals surface area contributed by atoms with Crippen LogP contribution in [0.5, 0.6) is 0 Å². The van der Waals surface area contributed by atoms with Gasteiger partial charge in [0, 0.05) is 6.61 Å². The average Bonchev–Trinajstić information content (AvgIpc) is 2.54. The molecule has 0 aromatic carbocycles. The fraction of sp³-hybridized carbons (Fsp3) is 1.00. The van der Waals surface area contributed by atoms with Crippen LogP contribution in [0.2, 0.25) is 0 Å². The van der Waals surface area contributed by atoms with Crippen LogP contribution in [-0.2, 0) is 4.74 Å². The second-order valence-corrected chi connectivity index (χ2v) is 4.17. The molecule has 0 aromatic heterocycles. The molecule has 0 saturated heterocycles. The first kappa shape index (κ1) is 8.52. The number of aliphatic hydroxyl groups excluding tert-OH is 1. The summed E-state index contributed by atoms with van der Waals surface area (Å²) in [6.07, 6.45) is 7.44. The molecule has 0 bridgehead atoms. The summed E-state index contributed by atoms with van der Waals surface area (Å²) in [4.78, 5) is 0. The lowest BCUT2D eigenvalue weighted by atomic mass is 9.92. The quantitative estimate of drug-likeness (QED) is 0.698. The van der Waals surface area contributed by atoms with Crippen molar-refractivity contribution in [2.24, 2.45) is 5.92 Å². The number of rotatable bonds is 3. The molecule has 0 spiro atoms. The lowest BCUT2D eigenvalue weighted by molar-refractivity contribution is -0.104. The fourth-order valence-corrected chi connectivity index (χ4v) is 2.08. The molecule has 2 aliphatic rings. The lowest BCUT2D eigenvalue weighted by Gasteiger charge is -2.32. The average molecular weight is 170 g/mol. The molecule has 12 heavy (non-hydrogen) atoms. The molecular weight excluding hydrogens is 152 g/mol. The van der Waals surface area contributed by atoms with Crippen LogP contribution >= 0.6 is 0 Å². The Morgan fingerprint density at radius 2 is 1.83 bits per heavy atom. The van der Waals surface area contributed by atoms with Gasteiger partial charge in [-0.25, -0.2) is 0 Å². The lowest BCUT2D eigenvalue weighted by Crippen LogP contribution is -2.39. The van der Waals surface area contributed by atoms with Crippen molar-refractivity contribution in [2.45, 2.75) is 50.7 Å². The minimum absolute atomic E-state index is 0.161. The van der Waals surface area contributed by atoms with Crippen LogP contribution in [0.25, 0.3) is 0 Å². The molecule has 2 rings (SSSR count). The SMILES string of the molecule is O[C@@H]1CC[C@H]1OCC1CCCC1. The van der Waals surface area contributed by atoms with E-state index in [9.17, 15) is 5.11 Å². The van der Waals surface area contributed by atoms with Gasteiger partial charge < -0.3 is 9.84 Å². The van der Waals surface area contributed by atoms with Gasteiger partial charge in [0.05, 0.1) is 12.2 Å². The van der Waals surface area contributed by atoms with Gasteiger partial charge in [-0.1, -0.05) is 12.8 Å². The largest absolute Gasteiger partial charge is 0.390 e. The van der Waals surface area contributed by atoms with Gasteiger partial charge in [-0.15, -0.1) is 0 Å². The Morgan fingerprint density at radius 1 is 1.08 bits per heavy atom. The minimum atomic E-state index is -0.161. The van der Waals surface area contributed by atoms with Crippen LogP contribution < -0.4 is 0 Å². The summed E-state index contributed by atoms with van der Waals surface area (Å²) in [7, 11) is 0. The Bertz CT molecular complexity index is 139. The van der Waals surface area contributed by atoms with E-state index in [1.165, 1.54) is 25.7 Å². The van der Waals surface area contributed by atoms with Crippen molar-refractivity contribution in [3.63, 3.8) is 0 Å².